The minimum atomic E-state index is -0.260. The van der Waals surface area contributed by atoms with Crippen molar-refractivity contribution in [2.45, 2.75) is 13.0 Å². The molecule has 0 heterocycles. The molecule has 0 fully saturated rings. The summed E-state index contributed by atoms with van der Waals surface area (Å²) in [6, 6.07) is 12.5. The molecule has 2 rings (SSSR count). The number of rotatable bonds is 10. The molecular weight excluding hydrogens is 372 g/mol. The Bertz CT molecular complexity index is 851. The highest BCUT2D eigenvalue weighted by atomic mass is 16.5. The van der Waals surface area contributed by atoms with Crippen molar-refractivity contribution in [1.82, 2.24) is 10.2 Å². The van der Waals surface area contributed by atoms with Gasteiger partial charge in [0, 0.05) is 17.7 Å². The predicted molar refractivity (Wildman–Crippen MR) is 111 cm³/mol. The van der Waals surface area contributed by atoms with E-state index in [2.05, 4.69) is 5.32 Å². The highest BCUT2D eigenvalue weighted by molar-refractivity contribution is 5.94. The van der Waals surface area contributed by atoms with Gasteiger partial charge in [0.15, 0.2) is 23.9 Å². The van der Waals surface area contributed by atoms with Gasteiger partial charge in [-0.25, -0.2) is 0 Å². The van der Waals surface area contributed by atoms with E-state index in [1.54, 1.807) is 25.3 Å². The van der Waals surface area contributed by atoms with Crippen molar-refractivity contribution in [2.75, 3.05) is 41.5 Å². The number of methoxy groups -OCH3 is 2. The number of likely N-dealkylation sites (N-methyl/N-ethyl adjacent to an activating group) is 1. The zero-order valence-electron chi connectivity index (χ0n) is 17.5. The van der Waals surface area contributed by atoms with Gasteiger partial charge >= 0.3 is 0 Å². The van der Waals surface area contributed by atoms with Gasteiger partial charge in [-0.15, -0.1) is 0 Å². The minimum absolute atomic E-state index is 0.0560. The summed E-state index contributed by atoms with van der Waals surface area (Å²) < 4.78 is 16.3. The van der Waals surface area contributed by atoms with Crippen LogP contribution in [-0.4, -0.2) is 58.1 Å². The molecule has 0 aliphatic heterocycles. The number of nitrogens with one attached hydrogen (secondary N) is 1. The average Bonchev–Trinajstić information content (AvgIpc) is 2.72. The summed E-state index contributed by atoms with van der Waals surface area (Å²) in [4.78, 5) is 25.8. The smallest absolute Gasteiger partial charge is 0.258 e. The molecule has 0 radical (unpaired) electrons. The summed E-state index contributed by atoms with van der Waals surface area (Å²) in [5, 5.41) is 2.90. The molecule has 0 saturated heterocycles. The zero-order valence-corrected chi connectivity index (χ0v) is 17.5. The fourth-order valence-corrected chi connectivity index (χ4v) is 2.92. The molecule has 0 spiro atoms. The van der Waals surface area contributed by atoms with Gasteiger partial charge in [0.05, 0.1) is 20.3 Å². The number of hydrogen-bond acceptors (Lipinski definition) is 6. The van der Waals surface area contributed by atoms with Gasteiger partial charge in [0.25, 0.3) is 5.91 Å². The lowest BCUT2D eigenvalue weighted by molar-refractivity contribution is -0.123. The molecule has 29 heavy (non-hydrogen) atoms. The average molecular weight is 400 g/mol. The first-order valence-electron chi connectivity index (χ1n) is 9.25. The number of Topliss-reactive ketones (excluding diaryl/α,β-unsaturated/α-hetero) is 1. The summed E-state index contributed by atoms with van der Waals surface area (Å²) >= 11 is 0. The number of para-hydroxylation sites is 1. The maximum atomic E-state index is 12.3. The Balaban J connectivity index is 1.99. The maximum Gasteiger partial charge on any atom is 0.258 e. The summed E-state index contributed by atoms with van der Waals surface area (Å²) in [5.74, 6) is 1.25. The van der Waals surface area contributed by atoms with Crippen molar-refractivity contribution in [3.8, 4) is 17.2 Å². The first-order chi connectivity index (χ1) is 13.9. The van der Waals surface area contributed by atoms with Gasteiger partial charge in [-0.3, -0.25) is 9.59 Å². The van der Waals surface area contributed by atoms with Gasteiger partial charge in [-0.1, -0.05) is 18.2 Å². The van der Waals surface area contributed by atoms with Crippen molar-refractivity contribution in [2.24, 2.45) is 0 Å². The Labute approximate surface area is 171 Å². The van der Waals surface area contributed by atoms with E-state index in [9.17, 15) is 9.59 Å². The van der Waals surface area contributed by atoms with Crippen LogP contribution < -0.4 is 19.5 Å². The third-order valence-corrected chi connectivity index (χ3v) is 4.54. The first kappa shape index (κ1) is 22.2. The molecule has 156 valence electrons. The number of carbonyl (C=O) groups is 2. The number of carbonyl (C=O) groups excluding carboxylic acids is 2. The zero-order chi connectivity index (χ0) is 21.4. The van der Waals surface area contributed by atoms with E-state index in [4.69, 9.17) is 14.2 Å². The lowest BCUT2D eigenvalue weighted by Crippen LogP contribution is -2.37. The Hall–Kier alpha value is -3.06. The highest BCUT2D eigenvalue weighted by Gasteiger charge is 2.19. The maximum absolute atomic E-state index is 12.3. The van der Waals surface area contributed by atoms with Crippen molar-refractivity contribution in [3.05, 3.63) is 53.6 Å². The van der Waals surface area contributed by atoms with Crippen LogP contribution in [0.4, 0.5) is 0 Å². The number of ketones is 1. The number of amides is 1. The molecule has 0 aliphatic rings. The lowest BCUT2D eigenvalue weighted by Gasteiger charge is -2.26. The van der Waals surface area contributed by atoms with Crippen molar-refractivity contribution in [1.29, 1.82) is 0 Å². The summed E-state index contributed by atoms with van der Waals surface area (Å²) in [7, 11) is 7.01. The normalized spacial score (nSPS) is 11.7. The van der Waals surface area contributed by atoms with Gasteiger partial charge < -0.3 is 24.4 Å². The van der Waals surface area contributed by atoms with Crippen molar-refractivity contribution >= 4 is 11.7 Å². The Morgan fingerprint density at radius 1 is 1.00 bits per heavy atom. The van der Waals surface area contributed by atoms with Crippen LogP contribution in [0.3, 0.4) is 0 Å². The molecule has 2 aromatic rings. The van der Waals surface area contributed by atoms with Gasteiger partial charge in [0.2, 0.25) is 0 Å². The number of benzene rings is 2. The molecule has 7 nitrogen and oxygen atoms in total. The van der Waals surface area contributed by atoms with E-state index in [-0.39, 0.29) is 24.3 Å². The van der Waals surface area contributed by atoms with Crippen LogP contribution in [-0.2, 0) is 4.79 Å². The van der Waals surface area contributed by atoms with Crippen LogP contribution in [0, 0.1) is 0 Å². The lowest BCUT2D eigenvalue weighted by atomic mass is 10.0. The van der Waals surface area contributed by atoms with Crippen LogP contribution in [0.15, 0.2) is 42.5 Å². The third kappa shape index (κ3) is 5.96. The Kier molecular flexibility index (Phi) is 8.03. The molecule has 1 atom stereocenters. The van der Waals surface area contributed by atoms with Crippen LogP contribution in [0.25, 0.3) is 0 Å². The SMILES string of the molecule is COc1cc(C(C)=O)ccc1OCC(=O)NC[C@@H](c1ccccc1OC)N(C)C. The predicted octanol–water partition coefficient (Wildman–Crippen LogP) is 2.70. The molecule has 0 unspecified atom stereocenters. The summed E-state index contributed by atoms with van der Waals surface area (Å²) in [6.45, 7) is 1.71. The van der Waals surface area contributed by atoms with E-state index in [1.807, 2.05) is 43.3 Å². The molecule has 2 aromatic carbocycles. The van der Waals surface area contributed by atoms with E-state index in [0.717, 1.165) is 11.3 Å². The van der Waals surface area contributed by atoms with E-state index >= 15 is 0 Å². The number of ether oxygens (including phenoxy) is 3. The number of nitrogens with zero attached hydrogens (tertiary/aromatic N) is 1. The van der Waals surface area contributed by atoms with Crippen LogP contribution in [0.2, 0.25) is 0 Å². The Morgan fingerprint density at radius 2 is 1.69 bits per heavy atom. The molecule has 0 aliphatic carbocycles. The van der Waals surface area contributed by atoms with E-state index in [1.165, 1.54) is 14.0 Å². The van der Waals surface area contributed by atoms with Gasteiger partial charge in [0.1, 0.15) is 5.75 Å². The molecular formula is C22H28N2O5. The first-order valence-corrected chi connectivity index (χ1v) is 9.25. The van der Waals surface area contributed by atoms with Gasteiger partial charge in [-0.05, 0) is 45.3 Å². The highest BCUT2D eigenvalue weighted by Crippen LogP contribution is 2.29. The second kappa shape index (κ2) is 10.5. The molecule has 0 saturated carbocycles. The van der Waals surface area contributed by atoms with E-state index < -0.39 is 0 Å². The Morgan fingerprint density at radius 3 is 2.31 bits per heavy atom. The molecule has 0 aromatic heterocycles. The topological polar surface area (TPSA) is 77.1 Å². The molecule has 0 bridgehead atoms. The summed E-state index contributed by atoms with van der Waals surface area (Å²) in [5.41, 5.74) is 1.51. The van der Waals surface area contributed by atoms with E-state index in [0.29, 0.717) is 23.6 Å². The summed E-state index contributed by atoms with van der Waals surface area (Å²) in [6.07, 6.45) is 0. The number of hydrogen-bond donors (Lipinski definition) is 1. The second-order valence-electron chi connectivity index (χ2n) is 6.74. The van der Waals surface area contributed by atoms with Crippen LogP contribution >= 0.6 is 0 Å². The largest absolute Gasteiger partial charge is 0.496 e. The van der Waals surface area contributed by atoms with Crippen molar-refractivity contribution in [3.63, 3.8) is 0 Å². The monoisotopic (exact) mass is 400 g/mol. The van der Waals surface area contributed by atoms with Crippen molar-refractivity contribution < 1.29 is 23.8 Å². The molecule has 1 N–H and O–H groups in total. The quantitative estimate of drug-likeness (QED) is 0.618. The minimum Gasteiger partial charge on any atom is -0.496 e. The molecule has 7 heteroatoms. The second-order valence-corrected chi connectivity index (χ2v) is 6.74. The third-order valence-electron chi connectivity index (χ3n) is 4.54. The van der Waals surface area contributed by atoms with Gasteiger partial charge in [-0.2, -0.15) is 0 Å². The van der Waals surface area contributed by atoms with Crippen LogP contribution in [0.5, 0.6) is 17.2 Å². The fourth-order valence-electron chi connectivity index (χ4n) is 2.92. The molecule has 1 amide bonds. The fraction of sp³-hybridized carbons (Fsp3) is 0.364. The standard InChI is InChI=1S/C22H28N2O5/c1-15(25)16-10-11-20(21(12-16)28-5)29-14-22(26)23-13-18(24(2)3)17-8-6-7-9-19(17)27-4/h6-12,18H,13-14H2,1-5H3,(H,23,26)/t18-/m0/s1. The van der Waals surface area contributed by atoms with Crippen LogP contribution in [0.1, 0.15) is 28.9 Å².